The highest BCUT2D eigenvalue weighted by Gasteiger charge is 2.25. The third-order valence-electron chi connectivity index (χ3n) is 2.39. The van der Waals surface area contributed by atoms with Crippen molar-refractivity contribution in [1.29, 1.82) is 0 Å². The summed E-state index contributed by atoms with van der Waals surface area (Å²) in [5.74, 6) is -0.430. The van der Waals surface area contributed by atoms with Gasteiger partial charge >= 0.3 is 5.97 Å². The molecule has 0 aliphatic carbocycles. The minimum Gasteiger partial charge on any atom is -0.469 e. The predicted octanol–water partition coefficient (Wildman–Crippen LogP) is 2.00. The molecule has 0 radical (unpaired) electrons. The minimum atomic E-state index is -3.55. The highest BCUT2D eigenvalue weighted by Crippen LogP contribution is 2.31. The van der Waals surface area contributed by atoms with Gasteiger partial charge in [-0.15, -0.1) is 11.3 Å². The molecular formula is C10H14BrNO4S2. The molecule has 0 N–H and O–H groups in total. The SMILES string of the molecule is COC(=O)CCN(C)S(=O)(=O)c1cc(Br)sc1C. The molecule has 0 aromatic carbocycles. The first-order valence-corrected chi connectivity index (χ1v) is 8.13. The van der Waals surface area contributed by atoms with Crippen molar-refractivity contribution in [1.82, 2.24) is 4.31 Å². The van der Waals surface area contributed by atoms with E-state index in [0.717, 1.165) is 8.09 Å². The number of hydrogen-bond acceptors (Lipinski definition) is 5. The summed E-state index contributed by atoms with van der Waals surface area (Å²) in [6, 6.07) is 1.57. The lowest BCUT2D eigenvalue weighted by atomic mass is 10.4. The molecule has 1 rings (SSSR count). The van der Waals surface area contributed by atoms with Crippen molar-refractivity contribution >= 4 is 43.3 Å². The Balaban J connectivity index is 2.87. The zero-order chi connectivity index (χ0) is 13.9. The van der Waals surface area contributed by atoms with E-state index in [4.69, 9.17) is 0 Å². The molecule has 1 aromatic rings. The van der Waals surface area contributed by atoms with E-state index in [-0.39, 0.29) is 17.9 Å². The number of rotatable bonds is 5. The number of hydrogen-bond donors (Lipinski definition) is 0. The van der Waals surface area contributed by atoms with Crippen molar-refractivity contribution in [2.24, 2.45) is 0 Å². The summed E-state index contributed by atoms with van der Waals surface area (Å²) >= 11 is 4.62. The normalized spacial score (nSPS) is 11.8. The summed E-state index contributed by atoms with van der Waals surface area (Å²) in [7, 11) is -0.824. The molecule has 0 atom stereocenters. The van der Waals surface area contributed by atoms with Crippen LogP contribution in [0.5, 0.6) is 0 Å². The molecule has 0 saturated carbocycles. The van der Waals surface area contributed by atoms with Gasteiger partial charge in [-0.25, -0.2) is 12.7 Å². The van der Waals surface area contributed by atoms with Gasteiger partial charge in [0.2, 0.25) is 10.0 Å². The molecule has 0 unspecified atom stereocenters. The van der Waals surface area contributed by atoms with Crippen LogP contribution in [0, 0.1) is 6.92 Å². The van der Waals surface area contributed by atoms with Crippen LogP contribution in [0.1, 0.15) is 11.3 Å². The number of carbonyl (C=O) groups excluding carboxylic acids is 1. The molecule has 0 amide bonds. The second-order valence-corrected chi connectivity index (χ2v) is 8.27. The Morgan fingerprint density at radius 1 is 1.56 bits per heavy atom. The van der Waals surface area contributed by atoms with E-state index in [2.05, 4.69) is 20.7 Å². The smallest absolute Gasteiger partial charge is 0.306 e. The topological polar surface area (TPSA) is 63.7 Å². The molecule has 0 spiro atoms. The number of carbonyl (C=O) groups is 1. The number of thiophene rings is 1. The summed E-state index contributed by atoms with van der Waals surface area (Å²) in [4.78, 5) is 12.0. The van der Waals surface area contributed by atoms with E-state index in [1.54, 1.807) is 13.0 Å². The number of aryl methyl sites for hydroxylation is 1. The summed E-state index contributed by atoms with van der Waals surface area (Å²) in [5.41, 5.74) is 0. The van der Waals surface area contributed by atoms with E-state index in [9.17, 15) is 13.2 Å². The van der Waals surface area contributed by atoms with Crippen molar-refractivity contribution in [3.8, 4) is 0 Å². The highest BCUT2D eigenvalue weighted by atomic mass is 79.9. The van der Waals surface area contributed by atoms with Gasteiger partial charge in [0.15, 0.2) is 0 Å². The fourth-order valence-electron chi connectivity index (χ4n) is 1.33. The van der Waals surface area contributed by atoms with E-state index < -0.39 is 16.0 Å². The van der Waals surface area contributed by atoms with Crippen LogP contribution in [0.3, 0.4) is 0 Å². The Bertz CT molecular complexity index is 538. The standard InChI is InChI=1S/C10H14BrNO4S2/c1-7-8(6-9(11)17-7)18(14,15)12(2)5-4-10(13)16-3/h6H,4-5H2,1-3H3. The molecule has 0 fully saturated rings. The predicted molar refractivity (Wildman–Crippen MR) is 73.2 cm³/mol. The molecule has 0 bridgehead atoms. The third-order valence-corrected chi connectivity index (χ3v) is 6.05. The minimum absolute atomic E-state index is 0.0383. The number of methoxy groups -OCH3 is 1. The maximum absolute atomic E-state index is 12.2. The molecule has 1 aromatic heterocycles. The number of sulfonamides is 1. The zero-order valence-corrected chi connectivity index (χ0v) is 13.5. The number of halogens is 1. The number of ether oxygens (including phenoxy) is 1. The maximum atomic E-state index is 12.2. The Hall–Kier alpha value is -0.440. The fraction of sp³-hybridized carbons (Fsp3) is 0.500. The van der Waals surface area contributed by atoms with Crippen molar-refractivity contribution in [2.45, 2.75) is 18.2 Å². The highest BCUT2D eigenvalue weighted by molar-refractivity contribution is 9.11. The van der Waals surface area contributed by atoms with Gasteiger partial charge in [0.25, 0.3) is 0 Å². The monoisotopic (exact) mass is 355 g/mol. The van der Waals surface area contributed by atoms with Gasteiger partial charge in [0.05, 0.1) is 22.2 Å². The van der Waals surface area contributed by atoms with Crippen LogP contribution in [0.15, 0.2) is 14.7 Å². The second kappa shape index (κ2) is 6.14. The van der Waals surface area contributed by atoms with Crippen LogP contribution in [0.25, 0.3) is 0 Å². The lowest BCUT2D eigenvalue weighted by Gasteiger charge is -2.16. The van der Waals surface area contributed by atoms with Crippen LogP contribution >= 0.6 is 27.3 Å². The molecule has 1 heterocycles. The van der Waals surface area contributed by atoms with Crippen molar-refractivity contribution in [3.05, 3.63) is 14.7 Å². The average molecular weight is 356 g/mol. The molecule has 0 aliphatic rings. The zero-order valence-electron chi connectivity index (χ0n) is 10.3. The van der Waals surface area contributed by atoms with Crippen LogP contribution in [0.2, 0.25) is 0 Å². The molecule has 102 valence electrons. The first-order chi connectivity index (χ1) is 8.28. The second-order valence-electron chi connectivity index (χ2n) is 3.62. The van der Waals surface area contributed by atoms with Crippen LogP contribution in [0.4, 0.5) is 0 Å². The molecule has 5 nitrogen and oxygen atoms in total. The van der Waals surface area contributed by atoms with Crippen LogP contribution < -0.4 is 0 Å². The lowest BCUT2D eigenvalue weighted by Crippen LogP contribution is -2.29. The molecular weight excluding hydrogens is 342 g/mol. The van der Waals surface area contributed by atoms with Crippen LogP contribution in [-0.4, -0.2) is 39.4 Å². The van der Waals surface area contributed by atoms with E-state index in [0.29, 0.717) is 4.88 Å². The van der Waals surface area contributed by atoms with Gasteiger partial charge in [-0.2, -0.15) is 0 Å². The van der Waals surface area contributed by atoms with Gasteiger partial charge in [0.1, 0.15) is 0 Å². The van der Waals surface area contributed by atoms with Crippen molar-refractivity contribution < 1.29 is 17.9 Å². The van der Waals surface area contributed by atoms with Gasteiger partial charge in [-0.3, -0.25) is 4.79 Å². The van der Waals surface area contributed by atoms with Crippen molar-refractivity contribution in [2.75, 3.05) is 20.7 Å². The number of esters is 1. The first-order valence-electron chi connectivity index (χ1n) is 5.08. The van der Waals surface area contributed by atoms with E-state index in [1.165, 1.54) is 25.5 Å². The van der Waals surface area contributed by atoms with Gasteiger partial charge in [-0.1, -0.05) is 0 Å². The summed E-state index contributed by atoms with van der Waals surface area (Å²) in [5, 5.41) is 0. The Kier molecular flexibility index (Phi) is 5.32. The lowest BCUT2D eigenvalue weighted by molar-refractivity contribution is -0.140. The Morgan fingerprint density at radius 3 is 2.61 bits per heavy atom. The fourth-order valence-corrected chi connectivity index (χ4v) is 4.88. The third kappa shape index (κ3) is 3.53. The van der Waals surface area contributed by atoms with Crippen LogP contribution in [-0.2, 0) is 19.6 Å². The van der Waals surface area contributed by atoms with Gasteiger partial charge in [0, 0.05) is 18.5 Å². The van der Waals surface area contributed by atoms with E-state index in [1.807, 2.05) is 0 Å². The van der Waals surface area contributed by atoms with Gasteiger partial charge in [-0.05, 0) is 28.9 Å². The van der Waals surface area contributed by atoms with Crippen molar-refractivity contribution in [3.63, 3.8) is 0 Å². The summed E-state index contributed by atoms with van der Waals surface area (Å²) in [6.45, 7) is 1.85. The molecule has 0 aliphatic heterocycles. The summed E-state index contributed by atoms with van der Waals surface area (Å²) < 4.78 is 30.9. The number of nitrogens with zero attached hydrogens (tertiary/aromatic N) is 1. The van der Waals surface area contributed by atoms with Gasteiger partial charge < -0.3 is 4.74 Å². The molecule has 0 saturated heterocycles. The maximum Gasteiger partial charge on any atom is 0.306 e. The quantitative estimate of drug-likeness (QED) is 0.757. The summed E-state index contributed by atoms with van der Waals surface area (Å²) in [6.07, 6.45) is 0.0383. The largest absolute Gasteiger partial charge is 0.469 e. The molecule has 8 heteroatoms. The average Bonchev–Trinajstić information content (AvgIpc) is 2.65. The molecule has 18 heavy (non-hydrogen) atoms. The van der Waals surface area contributed by atoms with E-state index >= 15 is 0 Å². The first kappa shape index (κ1) is 15.6. The Morgan fingerprint density at radius 2 is 2.17 bits per heavy atom. The Labute approximate surface area is 119 Å².